The number of carbonyl (C=O) groups excluding carboxylic acids is 2. The summed E-state index contributed by atoms with van der Waals surface area (Å²) in [6.07, 6.45) is 5.53. The molecule has 2 N–H and O–H groups in total. The number of benzene rings is 1. The molecular formula is C25H22ClN9O2. The summed E-state index contributed by atoms with van der Waals surface area (Å²) in [6.45, 7) is 1.95. The number of hydrogen-bond donors (Lipinski definition) is 2. The van der Waals surface area contributed by atoms with Gasteiger partial charge in [-0.3, -0.25) is 9.59 Å². The van der Waals surface area contributed by atoms with Crippen molar-refractivity contribution in [1.29, 1.82) is 5.26 Å². The Kier molecular flexibility index (Phi) is 6.42. The Balaban J connectivity index is 1.53. The molecule has 12 heteroatoms. The maximum atomic E-state index is 13.6. The van der Waals surface area contributed by atoms with Crippen molar-refractivity contribution in [1.82, 2.24) is 35.1 Å². The summed E-state index contributed by atoms with van der Waals surface area (Å²) in [4.78, 5) is 32.0. The summed E-state index contributed by atoms with van der Waals surface area (Å²) >= 11 is 6.39. The minimum atomic E-state index is -0.537. The number of hydrogen-bond acceptors (Lipinski definition) is 7. The van der Waals surface area contributed by atoms with Gasteiger partial charge in [0, 0.05) is 19.2 Å². The van der Waals surface area contributed by atoms with Crippen LogP contribution in [0.3, 0.4) is 0 Å². The maximum absolute atomic E-state index is 13.6. The quantitative estimate of drug-likeness (QED) is 0.384. The highest BCUT2D eigenvalue weighted by molar-refractivity contribution is 6.32. The van der Waals surface area contributed by atoms with Crippen molar-refractivity contribution in [3.8, 4) is 11.9 Å². The van der Waals surface area contributed by atoms with Gasteiger partial charge >= 0.3 is 0 Å². The predicted octanol–water partition coefficient (Wildman–Crippen LogP) is 3.23. The fourth-order valence-electron chi connectivity index (χ4n) is 3.97. The van der Waals surface area contributed by atoms with Gasteiger partial charge in [-0.1, -0.05) is 11.6 Å². The lowest BCUT2D eigenvalue weighted by Gasteiger charge is -2.14. The van der Waals surface area contributed by atoms with Crippen molar-refractivity contribution in [3.63, 3.8) is 0 Å². The largest absolute Gasteiger partial charge is 0.355 e. The highest BCUT2D eigenvalue weighted by atomic mass is 35.5. The molecule has 11 nitrogen and oxygen atoms in total. The zero-order valence-electron chi connectivity index (χ0n) is 20.1. The Labute approximate surface area is 217 Å². The fraction of sp³-hybridized carbons (Fsp3) is 0.240. The third-order valence-electron chi connectivity index (χ3n) is 5.96. The summed E-state index contributed by atoms with van der Waals surface area (Å²) in [5, 5.41) is 28.4. The zero-order valence-corrected chi connectivity index (χ0v) is 20.8. The summed E-state index contributed by atoms with van der Waals surface area (Å²) in [5.74, 6) is -0.236. The highest BCUT2D eigenvalue weighted by Crippen LogP contribution is 2.38. The fourth-order valence-corrected chi connectivity index (χ4v) is 4.17. The molecule has 2 amide bonds. The Morgan fingerprint density at radius 3 is 2.73 bits per heavy atom. The van der Waals surface area contributed by atoms with Gasteiger partial charge in [0.25, 0.3) is 11.8 Å². The number of aryl methyl sites for hydroxylation is 1. The van der Waals surface area contributed by atoms with Crippen LogP contribution in [0.1, 0.15) is 62.1 Å². The number of nitrogens with one attached hydrogen (secondary N) is 2. The van der Waals surface area contributed by atoms with Gasteiger partial charge in [0.05, 0.1) is 45.5 Å². The highest BCUT2D eigenvalue weighted by Gasteiger charge is 2.27. The third-order valence-corrected chi connectivity index (χ3v) is 6.26. The molecule has 0 aliphatic heterocycles. The van der Waals surface area contributed by atoms with Crippen LogP contribution in [0.25, 0.3) is 5.82 Å². The van der Waals surface area contributed by atoms with Crippen molar-refractivity contribution in [2.75, 3.05) is 12.4 Å². The van der Waals surface area contributed by atoms with E-state index < -0.39 is 11.8 Å². The van der Waals surface area contributed by atoms with Crippen LogP contribution >= 0.6 is 11.6 Å². The summed E-state index contributed by atoms with van der Waals surface area (Å²) in [6, 6.07) is 10.0. The van der Waals surface area contributed by atoms with Crippen molar-refractivity contribution >= 4 is 29.1 Å². The van der Waals surface area contributed by atoms with Gasteiger partial charge in [-0.2, -0.15) is 25.4 Å². The molecule has 0 bridgehead atoms. The number of anilines is 1. The first-order chi connectivity index (χ1) is 17.9. The molecule has 1 aliphatic rings. The van der Waals surface area contributed by atoms with Crippen LogP contribution in [0.2, 0.25) is 5.02 Å². The predicted molar refractivity (Wildman–Crippen MR) is 135 cm³/mol. The van der Waals surface area contributed by atoms with Gasteiger partial charge in [-0.15, -0.1) is 0 Å². The number of rotatable bonds is 7. The maximum Gasteiger partial charge on any atom is 0.274 e. The van der Waals surface area contributed by atoms with Crippen molar-refractivity contribution in [3.05, 3.63) is 81.5 Å². The molecule has 0 atom stereocenters. The van der Waals surface area contributed by atoms with Gasteiger partial charge in [0.2, 0.25) is 0 Å². The number of halogens is 1. The average Bonchev–Trinajstić information content (AvgIpc) is 3.50. The van der Waals surface area contributed by atoms with Gasteiger partial charge < -0.3 is 10.6 Å². The van der Waals surface area contributed by atoms with Crippen molar-refractivity contribution in [2.45, 2.75) is 32.2 Å². The monoisotopic (exact) mass is 515 g/mol. The van der Waals surface area contributed by atoms with Gasteiger partial charge in [0.1, 0.15) is 12.2 Å². The van der Waals surface area contributed by atoms with E-state index in [2.05, 4.69) is 30.9 Å². The Morgan fingerprint density at radius 2 is 2.03 bits per heavy atom. The minimum absolute atomic E-state index is 0.150. The number of aromatic nitrogens is 6. The van der Waals surface area contributed by atoms with E-state index in [-0.39, 0.29) is 29.3 Å². The molecule has 0 radical (unpaired) electrons. The summed E-state index contributed by atoms with van der Waals surface area (Å²) < 4.78 is 1.36. The third kappa shape index (κ3) is 4.92. The van der Waals surface area contributed by atoms with Crippen LogP contribution in [-0.4, -0.2) is 48.6 Å². The van der Waals surface area contributed by atoms with Crippen LogP contribution in [0, 0.1) is 18.3 Å². The van der Waals surface area contributed by atoms with Gasteiger partial charge in [-0.25, -0.2) is 9.67 Å². The lowest BCUT2D eigenvalue weighted by molar-refractivity contribution is 0.0964. The molecule has 3 aromatic heterocycles. The molecule has 0 spiro atoms. The molecule has 37 heavy (non-hydrogen) atoms. The van der Waals surface area contributed by atoms with Gasteiger partial charge in [0.15, 0.2) is 5.82 Å². The van der Waals surface area contributed by atoms with E-state index in [1.54, 1.807) is 43.6 Å². The molecule has 1 fully saturated rings. The van der Waals surface area contributed by atoms with E-state index in [1.165, 1.54) is 22.6 Å². The molecule has 0 saturated heterocycles. The van der Waals surface area contributed by atoms with E-state index in [0.29, 0.717) is 27.8 Å². The number of pyridine rings is 1. The van der Waals surface area contributed by atoms with Crippen molar-refractivity contribution in [2.24, 2.45) is 0 Å². The van der Waals surface area contributed by atoms with E-state index in [1.807, 2.05) is 6.07 Å². The van der Waals surface area contributed by atoms with E-state index >= 15 is 0 Å². The first-order valence-electron chi connectivity index (χ1n) is 11.6. The second-order valence-electron chi connectivity index (χ2n) is 8.68. The molecule has 4 aromatic rings. The summed E-state index contributed by atoms with van der Waals surface area (Å²) in [7, 11) is 1.48. The van der Waals surface area contributed by atoms with Crippen LogP contribution in [0.4, 0.5) is 5.69 Å². The molecule has 1 saturated carbocycles. The number of nitrogens with zero attached hydrogens (tertiary/aromatic N) is 7. The minimum Gasteiger partial charge on any atom is -0.355 e. The first-order valence-corrected chi connectivity index (χ1v) is 11.9. The van der Waals surface area contributed by atoms with Crippen LogP contribution in [-0.2, 0) is 6.54 Å². The zero-order chi connectivity index (χ0) is 26.1. The summed E-state index contributed by atoms with van der Waals surface area (Å²) in [5.41, 5.74) is 2.93. The Morgan fingerprint density at radius 1 is 1.22 bits per heavy atom. The molecule has 186 valence electrons. The second-order valence-corrected chi connectivity index (χ2v) is 9.08. The Hall–Kier alpha value is -4.56. The molecule has 3 heterocycles. The van der Waals surface area contributed by atoms with Crippen LogP contribution in [0.5, 0.6) is 0 Å². The van der Waals surface area contributed by atoms with Crippen molar-refractivity contribution < 1.29 is 9.59 Å². The first kappa shape index (κ1) is 24.1. The smallest absolute Gasteiger partial charge is 0.274 e. The number of nitriles is 1. The van der Waals surface area contributed by atoms with E-state index in [4.69, 9.17) is 11.6 Å². The Bertz CT molecular complexity index is 1560. The second kappa shape index (κ2) is 9.83. The number of carbonyl (C=O) groups is 2. The lowest BCUT2D eigenvalue weighted by atomic mass is 10.0. The van der Waals surface area contributed by atoms with Gasteiger partial charge in [-0.05, 0) is 55.7 Å². The molecule has 0 unspecified atom stereocenters. The molecule has 1 aromatic carbocycles. The molecule has 1 aliphatic carbocycles. The SMILES string of the molecule is CNC(=O)c1cc(C#N)cc(C)c1NC(=O)c1cc(Cn2ncc(C3CC3)n2)nn1-c1ncccc1Cl. The average molecular weight is 516 g/mol. The van der Waals surface area contributed by atoms with E-state index in [9.17, 15) is 14.9 Å². The number of amides is 2. The lowest BCUT2D eigenvalue weighted by Crippen LogP contribution is -2.24. The van der Waals surface area contributed by atoms with E-state index in [0.717, 1.165) is 18.5 Å². The standard InChI is InChI=1S/C25H22ClN9O2/c1-14-8-15(11-27)9-18(24(36)28-2)22(14)31-25(37)21-10-17(13-34-30-12-20(33-34)16-5-6-16)32-35(21)23-19(26)4-3-7-29-23/h3-4,7-10,12,16H,5-6,13H2,1-2H3,(H,28,36)(H,31,37). The van der Waals surface area contributed by atoms with Crippen LogP contribution < -0.4 is 10.6 Å². The molecule has 5 rings (SSSR count). The van der Waals surface area contributed by atoms with Crippen LogP contribution in [0.15, 0.2) is 42.7 Å². The molecular weight excluding hydrogens is 494 g/mol. The normalized spacial score (nSPS) is 12.7. The topological polar surface area (TPSA) is 143 Å².